The topological polar surface area (TPSA) is 59.1 Å². The number of nitrogens with two attached hydrogens (primary N) is 1. The lowest BCUT2D eigenvalue weighted by Crippen LogP contribution is -2.16. The van der Waals surface area contributed by atoms with Crippen LogP contribution in [0.2, 0.25) is 0 Å². The number of hydrogen-bond donors (Lipinski definition) is 2. The van der Waals surface area contributed by atoms with Crippen molar-refractivity contribution in [2.75, 3.05) is 13.2 Å². The molecular formula is C8H11BrN2O. The third-order valence-corrected chi connectivity index (χ3v) is 2.41. The van der Waals surface area contributed by atoms with Gasteiger partial charge in [-0.2, -0.15) is 0 Å². The maximum atomic E-state index is 8.98. The van der Waals surface area contributed by atoms with Gasteiger partial charge in [-0.15, -0.1) is 0 Å². The first kappa shape index (κ1) is 9.64. The Hall–Kier alpha value is -0.450. The minimum atomic E-state index is 0.00220. The molecule has 66 valence electrons. The van der Waals surface area contributed by atoms with Crippen LogP contribution in [0.4, 0.5) is 0 Å². The van der Waals surface area contributed by atoms with Crippen LogP contribution in [0.1, 0.15) is 11.5 Å². The molecule has 0 amide bonds. The molecule has 4 heteroatoms. The number of hydrogen-bond acceptors (Lipinski definition) is 3. The minimum Gasteiger partial charge on any atom is -0.396 e. The standard InChI is InChI=1S/C8H11BrN2O/c9-8-4-11-2-1-7(8)6(3-10)5-12/h1-2,4,6,12H,3,5,10H2. The maximum Gasteiger partial charge on any atom is 0.0512 e. The molecule has 0 bridgehead atoms. The van der Waals surface area contributed by atoms with Crippen LogP contribution in [0.15, 0.2) is 22.9 Å². The Balaban J connectivity index is 2.92. The highest BCUT2D eigenvalue weighted by atomic mass is 79.9. The second-order valence-corrected chi connectivity index (χ2v) is 3.37. The van der Waals surface area contributed by atoms with E-state index in [-0.39, 0.29) is 12.5 Å². The summed E-state index contributed by atoms with van der Waals surface area (Å²) in [5.41, 5.74) is 6.49. The first-order valence-electron chi connectivity index (χ1n) is 3.70. The van der Waals surface area contributed by atoms with Crippen molar-refractivity contribution in [3.05, 3.63) is 28.5 Å². The second kappa shape index (κ2) is 4.54. The summed E-state index contributed by atoms with van der Waals surface area (Å²) in [7, 11) is 0. The summed E-state index contributed by atoms with van der Waals surface area (Å²) in [6, 6.07) is 1.86. The summed E-state index contributed by atoms with van der Waals surface area (Å²) >= 11 is 3.35. The van der Waals surface area contributed by atoms with Crippen molar-refractivity contribution < 1.29 is 5.11 Å². The predicted octanol–water partition coefficient (Wildman–Crippen LogP) is 0.879. The van der Waals surface area contributed by atoms with Crippen LogP contribution >= 0.6 is 15.9 Å². The van der Waals surface area contributed by atoms with Crippen LogP contribution in [-0.2, 0) is 0 Å². The number of aliphatic hydroxyl groups is 1. The average molecular weight is 231 g/mol. The highest BCUT2D eigenvalue weighted by Gasteiger charge is 2.10. The van der Waals surface area contributed by atoms with Crippen molar-refractivity contribution in [2.24, 2.45) is 5.73 Å². The normalized spacial score (nSPS) is 12.9. The van der Waals surface area contributed by atoms with Crippen LogP contribution in [0.3, 0.4) is 0 Å². The van der Waals surface area contributed by atoms with Gasteiger partial charge in [0.2, 0.25) is 0 Å². The Morgan fingerprint density at radius 1 is 1.67 bits per heavy atom. The smallest absolute Gasteiger partial charge is 0.0512 e. The Labute approximate surface area is 79.7 Å². The summed E-state index contributed by atoms with van der Waals surface area (Å²) in [4.78, 5) is 3.93. The minimum absolute atomic E-state index is 0.00220. The fourth-order valence-electron chi connectivity index (χ4n) is 1.02. The van der Waals surface area contributed by atoms with E-state index in [4.69, 9.17) is 10.8 Å². The first-order chi connectivity index (χ1) is 5.79. The van der Waals surface area contributed by atoms with Gasteiger partial charge >= 0.3 is 0 Å². The van der Waals surface area contributed by atoms with E-state index in [1.165, 1.54) is 0 Å². The van der Waals surface area contributed by atoms with Crippen molar-refractivity contribution >= 4 is 15.9 Å². The van der Waals surface area contributed by atoms with Gasteiger partial charge in [0, 0.05) is 29.3 Å². The number of halogens is 1. The van der Waals surface area contributed by atoms with Gasteiger partial charge in [-0.25, -0.2) is 0 Å². The summed E-state index contributed by atoms with van der Waals surface area (Å²) in [6.07, 6.45) is 3.39. The van der Waals surface area contributed by atoms with Crippen molar-refractivity contribution in [3.63, 3.8) is 0 Å². The van der Waals surface area contributed by atoms with Crippen LogP contribution in [-0.4, -0.2) is 23.2 Å². The lowest BCUT2D eigenvalue weighted by Gasteiger charge is -2.12. The predicted molar refractivity (Wildman–Crippen MR) is 50.8 cm³/mol. The van der Waals surface area contributed by atoms with E-state index in [1.807, 2.05) is 6.07 Å². The largest absolute Gasteiger partial charge is 0.396 e. The molecule has 0 saturated heterocycles. The van der Waals surface area contributed by atoms with Gasteiger partial charge in [-0.3, -0.25) is 4.98 Å². The van der Waals surface area contributed by atoms with Gasteiger partial charge < -0.3 is 10.8 Å². The van der Waals surface area contributed by atoms with Crippen LogP contribution in [0.5, 0.6) is 0 Å². The Morgan fingerprint density at radius 2 is 2.42 bits per heavy atom. The van der Waals surface area contributed by atoms with Crippen LogP contribution in [0.25, 0.3) is 0 Å². The van der Waals surface area contributed by atoms with Gasteiger partial charge in [0.15, 0.2) is 0 Å². The molecule has 1 aromatic heterocycles. The molecule has 0 spiro atoms. The van der Waals surface area contributed by atoms with E-state index in [9.17, 15) is 0 Å². The quantitative estimate of drug-likeness (QED) is 0.811. The monoisotopic (exact) mass is 230 g/mol. The molecule has 3 N–H and O–H groups in total. The molecule has 1 atom stereocenters. The number of rotatable bonds is 3. The Kier molecular flexibility index (Phi) is 3.65. The molecule has 0 radical (unpaired) electrons. The second-order valence-electron chi connectivity index (χ2n) is 2.51. The van der Waals surface area contributed by atoms with Gasteiger partial charge in [0.1, 0.15) is 0 Å². The molecule has 0 saturated carbocycles. The molecule has 1 aromatic rings. The van der Waals surface area contributed by atoms with E-state index in [0.717, 1.165) is 10.0 Å². The number of aliphatic hydroxyl groups excluding tert-OH is 1. The highest BCUT2D eigenvalue weighted by Crippen LogP contribution is 2.22. The molecule has 0 fully saturated rings. The summed E-state index contributed by atoms with van der Waals surface area (Å²) in [5.74, 6) is 0.00220. The molecule has 0 aliphatic rings. The molecule has 0 aliphatic heterocycles. The van der Waals surface area contributed by atoms with Gasteiger partial charge in [-0.1, -0.05) is 0 Å². The molecule has 1 heterocycles. The fourth-order valence-corrected chi connectivity index (χ4v) is 1.59. The van der Waals surface area contributed by atoms with Gasteiger partial charge in [0.25, 0.3) is 0 Å². The van der Waals surface area contributed by atoms with Crippen molar-refractivity contribution in [1.82, 2.24) is 4.98 Å². The van der Waals surface area contributed by atoms with E-state index in [2.05, 4.69) is 20.9 Å². The van der Waals surface area contributed by atoms with Gasteiger partial charge in [0.05, 0.1) is 6.61 Å². The molecule has 0 aliphatic carbocycles. The molecule has 1 unspecified atom stereocenters. The lowest BCUT2D eigenvalue weighted by molar-refractivity contribution is 0.267. The summed E-state index contributed by atoms with van der Waals surface area (Å²) in [6.45, 7) is 0.512. The Morgan fingerprint density at radius 3 is 2.92 bits per heavy atom. The number of nitrogens with zero attached hydrogens (tertiary/aromatic N) is 1. The highest BCUT2D eigenvalue weighted by molar-refractivity contribution is 9.10. The lowest BCUT2D eigenvalue weighted by atomic mass is 10.0. The maximum absolute atomic E-state index is 8.98. The Bertz CT molecular complexity index is 251. The van der Waals surface area contributed by atoms with Gasteiger partial charge in [-0.05, 0) is 27.6 Å². The third-order valence-electron chi connectivity index (χ3n) is 1.75. The van der Waals surface area contributed by atoms with Crippen molar-refractivity contribution in [2.45, 2.75) is 5.92 Å². The zero-order valence-electron chi connectivity index (χ0n) is 6.57. The van der Waals surface area contributed by atoms with E-state index < -0.39 is 0 Å². The van der Waals surface area contributed by atoms with E-state index in [0.29, 0.717) is 6.54 Å². The fraction of sp³-hybridized carbons (Fsp3) is 0.375. The summed E-state index contributed by atoms with van der Waals surface area (Å²) in [5, 5.41) is 8.98. The summed E-state index contributed by atoms with van der Waals surface area (Å²) < 4.78 is 0.898. The molecular weight excluding hydrogens is 220 g/mol. The zero-order valence-corrected chi connectivity index (χ0v) is 8.16. The SMILES string of the molecule is NCC(CO)c1ccncc1Br. The zero-order chi connectivity index (χ0) is 8.97. The van der Waals surface area contributed by atoms with Crippen molar-refractivity contribution in [3.8, 4) is 0 Å². The van der Waals surface area contributed by atoms with E-state index >= 15 is 0 Å². The van der Waals surface area contributed by atoms with Crippen LogP contribution in [0, 0.1) is 0 Å². The third kappa shape index (κ3) is 2.03. The number of pyridine rings is 1. The average Bonchev–Trinajstić information content (AvgIpc) is 2.10. The molecule has 3 nitrogen and oxygen atoms in total. The van der Waals surface area contributed by atoms with Crippen molar-refractivity contribution in [1.29, 1.82) is 0 Å². The van der Waals surface area contributed by atoms with Crippen LogP contribution < -0.4 is 5.73 Å². The molecule has 12 heavy (non-hydrogen) atoms. The van der Waals surface area contributed by atoms with E-state index in [1.54, 1.807) is 12.4 Å². The molecule has 1 rings (SSSR count). The first-order valence-corrected chi connectivity index (χ1v) is 4.49. The molecule has 0 aromatic carbocycles. The number of aromatic nitrogens is 1.